The highest BCUT2D eigenvalue weighted by atomic mass is 16.4. The molecular formula is C68H72BN2O2. The van der Waals surface area contributed by atoms with Gasteiger partial charge in [-0.05, 0) is 168 Å². The summed E-state index contributed by atoms with van der Waals surface area (Å²) in [6, 6.07) is 48.0. The first-order valence-corrected chi connectivity index (χ1v) is 26.9. The number of fused-ring (bicyclic) bond motifs is 10. The molecule has 5 heteroatoms. The number of benzene rings is 7. The van der Waals surface area contributed by atoms with E-state index in [1.807, 2.05) is 0 Å². The first kappa shape index (κ1) is 47.5. The van der Waals surface area contributed by atoms with Crippen LogP contribution in [0.2, 0.25) is 0 Å². The summed E-state index contributed by atoms with van der Waals surface area (Å²) < 4.78 is 14.7. The van der Waals surface area contributed by atoms with E-state index in [1.54, 1.807) is 0 Å². The zero-order valence-corrected chi connectivity index (χ0v) is 45.8. The van der Waals surface area contributed by atoms with Gasteiger partial charge in [0.25, 0.3) is 0 Å². The van der Waals surface area contributed by atoms with E-state index in [0.717, 1.165) is 114 Å². The van der Waals surface area contributed by atoms with Gasteiger partial charge >= 0.3 is 0 Å². The molecule has 369 valence electrons. The zero-order valence-electron chi connectivity index (χ0n) is 45.8. The molecule has 0 saturated heterocycles. The van der Waals surface area contributed by atoms with Crippen molar-refractivity contribution in [2.75, 3.05) is 10.2 Å². The van der Waals surface area contributed by atoms with E-state index in [9.17, 15) is 0 Å². The maximum absolute atomic E-state index is 7.47. The van der Waals surface area contributed by atoms with Crippen molar-refractivity contribution in [1.29, 1.82) is 0 Å². The number of hydrogen-bond acceptors (Lipinski definition) is 4. The molecule has 0 atom stereocenters. The van der Waals surface area contributed by atoms with E-state index in [1.165, 1.54) is 39.8 Å². The van der Waals surface area contributed by atoms with Gasteiger partial charge in [0.15, 0.2) is 11.5 Å². The average molecular weight is 960 g/mol. The van der Waals surface area contributed by atoms with Crippen molar-refractivity contribution in [2.45, 2.75) is 155 Å². The molecule has 73 heavy (non-hydrogen) atoms. The van der Waals surface area contributed by atoms with Crippen LogP contribution in [0.5, 0.6) is 0 Å². The minimum Gasteiger partial charge on any atom is -0.454 e. The molecule has 1 radical (unpaired) electrons. The molecule has 0 fully saturated rings. The van der Waals surface area contributed by atoms with Crippen LogP contribution in [0.25, 0.3) is 55.2 Å². The molecule has 1 N–H and O–H groups in total. The molecule has 1 aliphatic heterocycles. The fourth-order valence-electron chi connectivity index (χ4n) is 12.6. The molecule has 0 unspecified atom stereocenters. The Bertz CT molecular complexity index is 3710. The molecule has 0 bridgehead atoms. The monoisotopic (exact) mass is 960 g/mol. The smallest absolute Gasteiger partial charge is 0.203 e. The van der Waals surface area contributed by atoms with Gasteiger partial charge in [-0.1, -0.05) is 170 Å². The summed E-state index contributed by atoms with van der Waals surface area (Å²) >= 11 is 0. The normalized spacial score (nSPS) is 17.5. The van der Waals surface area contributed by atoms with Crippen molar-refractivity contribution in [3.05, 3.63) is 161 Å². The van der Waals surface area contributed by atoms with Gasteiger partial charge in [0.05, 0.1) is 11.4 Å². The largest absolute Gasteiger partial charge is 0.454 e. The Kier molecular flexibility index (Phi) is 10.4. The molecule has 0 saturated carbocycles. The quantitative estimate of drug-likeness (QED) is 0.175. The molecule has 9 aromatic rings. The number of nitrogens with zero attached hydrogens (tertiary/aromatic N) is 1. The van der Waals surface area contributed by atoms with Gasteiger partial charge in [0.2, 0.25) is 7.28 Å². The van der Waals surface area contributed by atoms with Crippen LogP contribution in [0.4, 0.5) is 28.6 Å². The van der Waals surface area contributed by atoms with Gasteiger partial charge in [0.1, 0.15) is 11.2 Å². The molecule has 12 rings (SSSR count). The van der Waals surface area contributed by atoms with Crippen LogP contribution in [0.1, 0.15) is 156 Å². The maximum Gasteiger partial charge on any atom is 0.203 e. The number of furan rings is 2. The second-order valence-corrected chi connectivity index (χ2v) is 26.6. The molecule has 3 heterocycles. The van der Waals surface area contributed by atoms with Crippen LogP contribution in [0.15, 0.2) is 136 Å². The summed E-state index contributed by atoms with van der Waals surface area (Å²) in [5.41, 5.74) is 21.9. The van der Waals surface area contributed by atoms with Gasteiger partial charge in [-0.15, -0.1) is 0 Å². The maximum atomic E-state index is 7.47. The lowest BCUT2D eigenvalue weighted by Gasteiger charge is -2.42. The van der Waals surface area contributed by atoms with Crippen LogP contribution in [0, 0.1) is 0 Å². The molecule has 0 amide bonds. The minimum absolute atomic E-state index is 0.0152. The van der Waals surface area contributed by atoms with E-state index in [4.69, 9.17) is 8.83 Å². The van der Waals surface area contributed by atoms with Gasteiger partial charge in [-0.25, -0.2) is 0 Å². The van der Waals surface area contributed by atoms with Crippen LogP contribution in [-0.2, 0) is 32.5 Å². The first-order chi connectivity index (χ1) is 34.4. The second kappa shape index (κ2) is 16.0. The molecular weight excluding hydrogens is 888 g/mol. The summed E-state index contributed by atoms with van der Waals surface area (Å²) in [6.45, 7) is 33.1. The van der Waals surface area contributed by atoms with E-state index >= 15 is 0 Å². The highest BCUT2D eigenvalue weighted by Crippen LogP contribution is 2.53. The number of anilines is 5. The first-order valence-electron chi connectivity index (χ1n) is 26.9. The van der Waals surface area contributed by atoms with E-state index in [2.05, 4.69) is 242 Å². The Hall–Kier alpha value is -6.46. The third-order valence-electron chi connectivity index (χ3n) is 17.6. The summed E-state index contributed by atoms with van der Waals surface area (Å²) in [5, 5.41) is 7.39. The number of para-hydroxylation sites is 1. The fourth-order valence-corrected chi connectivity index (χ4v) is 12.6. The van der Waals surface area contributed by atoms with E-state index in [0.29, 0.717) is 0 Å². The van der Waals surface area contributed by atoms with Crippen molar-refractivity contribution in [3.8, 4) is 22.3 Å². The Morgan fingerprint density at radius 3 is 1.77 bits per heavy atom. The molecule has 2 aliphatic carbocycles. The highest BCUT2D eigenvalue weighted by Gasteiger charge is 2.42. The number of nitrogens with one attached hydrogen (secondary N) is 1. The third kappa shape index (κ3) is 7.69. The summed E-state index contributed by atoms with van der Waals surface area (Å²) in [4.78, 5) is 2.42. The SMILES string of the molecule is CC(C)(C)c1ccc(-c2cc3c(oc4ccccc43)c3c2[B]c2c(oc4cc5c(cc24)C(C)(C)CCC5(C)C)N3c2ccc(C(C)(C)C)cc2-c2ccccc2)c(Nc2ccc3c(c2)C(C)(C)CCC3(C)C)c1. The Balaban J connectivity index is 1.19. The molecule has 0 spiro atoms. The molecule has 7 aromatic carbocycles. The standard InChI is InChI=1S/C68H72BN2O2/c1-63(2,3)41-25-29-55(46(34-41)40-20-16-15-17-21-40)71-60-58(69-59-49-38-52-53(39-57(49)73-62(59)71)68(13,14)33-32-67(52,11)12)47(37-48-45-22-18-19-23-56(45)72-61(48)60)44-27-24-42(64(4,5)6)35-54(44)70-43-26-28-50-51(36-43)66(9,10)31-30-65(50,7)8/h15-29,34-39,70H,30-33H2,1-14H3. The van der Waals surface area contributed by atoms with Crippen molar-refractivity contribution < 1.29 is 8.83 Å². The van der Waals surface area contributed by atoms with Gasteiger partial charge < -0.3 is 14.2 Å². The predicted octanol–water partition coefficient (Wildman–Crippen LogP) is 18.1. The number of hydrogen-bond donors (Lipinski definition) is 1. The topological polar surface area (TPSA) is 41.6 Å². The van der Waals surface area contributed by atoms with Crippen molar-refractivity contribution >= 4 is 79.7 Å². The summed E-state index contributed by atoms with van der Waals surface area (Å²) in [7, 11) is 2.43. The lowest BCUT2D eigenvalue weighted by Crippen LogP contribution is -2.40. The van der Waals surface area contributed by atoms with Crippen molar-refractivity contribution in [3.63, 3.8) is 0 Å². The lowest BCUT2D eigenvalue weighted by molar-refractivity contribution is 0.332. The van der Waals surface area contributed by atoms with Crippen LogP contribution < -0.4 is 21.1 Å². The van der Waals surface area contributed by atoms with Gasteiger partial charge in [-0.2, -0.15) is 0 Å². The van der Waals surface area contributed by atoms with E-state index < -0.39 is 0 Å². The minimum atomic E-state index is -0.0803. The molecule has 4 nitrogen and oxygen atoms in total. The van der Waals surface area contributed by atoms with E-state index in [-0.39, 0.29) is 32.5 Å². The highest BCUT2D eigenvalue weighted by molar-refractivity contribution is 6.76. The third-order valence-corrected chi connectivity index (χ3v) is 17.6. The molecule has 3 aliphatic rings. The van der Waals surface area contributed by atoms with Crippen molar-refractivity contribution in [2.24, 2.45) is 0 Å². The summed E-state index contributed by atoms with van der Waals surface area (Å²) in [6.07, 6.45) is 4.60. The predicted molar refractivity (Wildman–Crippen MR) is 312 cm³/mol. The van der Waals surface area contributed by atoms with Gasteiger partial charge in [0, 0.05) is 38.7 Å². The Morgan fingerprint density at radius 2 is 1.08 bits per heavy atom. The van der Waals surface area contributed by atoms with Crippen LogP contribution in [-0.4, -0.2) is 7.28 Å². The Labute approximate surface area is 434 Å². The second-order valence-electron chi connectivity index (χ2n) is 26.6. The fraction of sp³-hybridized carbons (Fsp3) is 0.353. The van der Waals surface area contributed by atoms with Crippen LogP contribution >= 0.6 is 0 Å². The average Bonchev–Trinajstić information content (AvgIpc) is 3.91. The van der Waals surface area contributed by atoms with Gasteiger partial charge in [-0.3, -0.25) is 4.90 Å². The summed E-state index contributed by atoms with van der Waals surface area (Å²) in [5.74, 6) is 0.807. The lowest BCUT2D eigenvalue weighted by atomic mass is 9.57. The Morgan fingerprint density at radius 1 is 0.479 bits per heavy atom. The molecule has 2 aromatic heterocycles. The zero-order chi connectivity index (χ0) is 51.4. The van der Waals surface area contributed by atoms with Crippen LogP contribution in [0.3, 0.4) is 0 Å². The number of rotatable bonds is 5. The van der Waals surface area contributed by atoms with Crippen molar-refractivity contribution in [1.82, 2.24) is 0 Å².